The lowest BCUT2D eigenvalue weighted by atomic mass is 10.1. The fraction of sp³-hybridized carbons (Fsp3) is 0.214. The Morgan fingerprint density at radius 3 is 2.42 bits per heavy atom. The Kier molecular flexibility index (Phi) is 8.37. The number of halogens is 2. The van der Waals surface area contributed by atoms with Crippen LogP contribution in [0.3, 0.4) is 0 Å². The quantitative estimate of drug-likeness (QED) is 0.288. The number of ether oxygens (including phenoxy) is 2. The summed E-state index contributed by atoms with van der Waals surface area (Å²) in [7, 11) is 1.54. The third-order valence-electron chi connectivity index (χ3n) is 5.94. The minimum atomic E-state index is -0.276. The molecule has 0 spiro atoms. The minimum Gasteiger partial charge on any atom is -0.493 e. The number of benzene rings is 3. The van der Waals surface area contributed by atoms with Crippen molar-refractivity contribution in [1.82, 2.24) is 4.90 Å². The summed E-state index contributed by atoms with van der Waals surface area (Å²) in [6.07, 6.45) is 1.58. The second-order valence-electron chi connectivity index (χ2n) is 8.22. The summed E-state index contributed by atoms with van der Waals surface area (Å²) in [6, 6.07) is 22.6. The van der Waals surface area contributed by atoms with E-state index in [9.17, 15) is 10.1 Å². The van der Waals surface area contributed by atoms with Crippen LogP contribution < -0.4 is 14.4 Å². The first-order chi connectivity index (χ1) is 17.5. The molecule has 0 saturated carbocycles. The van der Waals surface area contributed by atoms with Crippen LogP contribution in [0.5, 0.6) is 11.5 Å². The van der Waals surface area contributed by atoms with E-state index >= 15 is 0 Å². The molecule has 8 heteroatoms. The fourth-order valence-electron chi connectivity index (χ4n) is 3.97. The molecule has 184 valence electrons. The Labute approximate surface area is 220 Å². The van der Waals surface area contributed by atoms with Gasteiger partial charge in [0.05, 0.1) is 7.11 Å². The second kappa shape index (κ2) is 11.9. The molecule has 3 aromatic carbocycles. The summed E-state index contributed by atoms with van der Waals surface area (Å²) in [6.45, 7) is 2.77. The normalized spacial score (nSPS) is 13.8. The molecule has 1 aliphatic heterocycles. The molecule has 1 saturated heterocycles. The Hall–Kier alpha value is -3.66. The smallest absolute Gasteiger partial charge is 0.264 e. The van der Waals surface area contributed by atoms with Gasteiger partial charge in [0.15, 0.2) is 11.5 Å². The molecule has 1 aliphatic rings. The van der Waals surface area contributed by atoms with Gasteiger partial charge >= 0.3 is 0 Å². The molecular formula is C28H25Cl2N3O3. The number of rotatable bonds is 7. The molecule has 0 aromatic heterocycles. The van der Waals surface area contributed by atoms with Gasteiger partial charge in [-0.3, -0.25) is 4.79 Å². The molecular weight excluding hydrogens is 497 g/mol. The lowest BCUT2D eigenvalue weighted by Gasteiger charge is -2.36. The van der Waals surface area contributed by atoms with E-state index in [1.807, 2.05) is 18.2 Å². The van der Waals surface area contributed by atoms with Crippen molar-refractivity contribution in [2.24, 2.45) is 0 Å². The molecule has 1 fully saturated rings. The zero-order valence-corrected chi connectivity index (χ0v) is 21.3. The molecule has 0 radical (unpaired) electrons. The maximum atomic E-state index is 13.1. The number of piperazine rings is 1. The number of hydrogen-bond donors (Lipinski definition) is 0. The molecule has 1 heterocycles. The molecule has 6 nitrogen and oxygen atoms in total. The van der Waals surface area contributed by atoms with Gasteiger partial charge in [0, 0.05) is 47.5 Å². The molecule has 36 heavy (non-hydrogen) atoms. The molecule has 3 aromatic rings. The third-order valence-corrected chi connectivity index (χ3v) is 6.52. The van der Waals surface area contributed by atoms with Crippen LogP contribution in [-0.2, 0) is 11.4 Å². The highest BCUT2D eigenvalue weighted by atomic mass is 35.5. The first kappa shape index (κ1) is 25.4. The van der Waals surface area contributed by atoms with Crippen molar-refractivity contribution < 1.29 is 14.3 Å². The monoisotopic (exact) mass is 521 g/mol. The number of nitriles is 1. The Balaban J connectivity index is 1.43. The van der Waals surface area contributed by atoms with Crippen LogP contribution in [0.2, 0.25) is 10.0 Å². The van der Waals surface area contributed by atoms with E-state index in [0.717, 1.165) is 11.3 Å². The Bertz CT molecular complexity index is 1300. The molecule has 1 amide bonds. The lowest BCUT2D eigenvalue weighted by molar-refractivity contribution is -0.126. The predicted molar refractivity (Wildman–Crippen MR) is 143 cm³/mol. The van der Waals surface area contributed by atoms with E-state index in [1.54, 1.807) is 47.4 Å². The summed E-state index contributed by atoms with van der Waals surface area (Å²) in [4.78, 5) is 17.0. The highest BCUT2D eigenvalue weighted by Crippen LogP contribution is 2.31. The molecule has 0 unspecified atom stereocenters. The van der Waals surface area contributed by atoms with Gasteiger partial charge in [0.25, 0.3) is 5.91 Å². The van der Waals surface area contributed by atoms with E-state index in [2.05, 4.69) is 23.1 Å². The van der Waals surface area contributed by atoms with Gasteiger partial charge in [0.2, 0.25) is 0 Å². The van der Waals surface area contributed by atoms with Gasteiger partial charge < -0.3 is 19.3 Å². The van der Waals surface area contributed by atoms with E-state index in [4.69, 9.17) is 32.7 Å². The predicted octanol–water partition coefficient (Wildman–Crippen LogP) is 5.84. The summed E-state index contributed by atoms with van der Waals surface area (Å²) in [5.74, 6) is 0.722. The van der Waals surface area contributed by atoms with Crippen molar-refractivity contribution in [3.8, 4) is 17.6 Å². The average molecular weight is 522 g/mol. The summed E-state index contributed by atoms with van der Waals surface area (Å²) in [5.41, 5.74) is 2.66. The van der Waals surface area contributed by atoms with Crippen LogP contribution in [0.4, 0.5) is 5.69 Å². The van der Waals surface area contributed by atoms with Crippen molar-refractivity contribution in [2.75, 3.05) is 38.2 Å². The highest BCUT2D eigenvalue weighted by molar-refractivity contribution is 6.35. The molecule has 4 rings (SSSR count). The van der Waals surface area contributed by atoms with Gasteiger partial charge in [-0.15, -0.1) is 0 Å². The van der Waals surface area contributed by atoms with Crippen LogP contribution in [0.25, 0.3) is 6.08 Å². The minimum absolute atomic E-state index is 0.0758. The largest absolute Gasteiger partial charge is 0.493 e. The van der Waals surface area contributed by atoms with Gasteiger partial charge in [-0.05, 0) is 48.0 Å². The van der Waals surface area contributed by atoms with Crippen LogP contribution >= 0.6 is 23.2 Å². The SMILES string of the molecule is COc1cc(/C=C(/C#N)C(=O)N2CCN(c3ccccc3)CC2)ccc1OCc1ccc(Cl)cc1Cl. The van der Waals surface area contributed by atoms with Gasteiger partial charge in [-0.2, -0.15) is 5.26 Å². The molecule has 0 bridgehead atoms. The maximum absolute atomic E-state index is 13.1. The Morgan fingerprint density at radius 2 is 1.75 bits per heavy atom. The number of nitrogens with zero attached hydrogens (tertiary/aromatic N) is 3. The van der Waals surface area contributed by atoms with Crippen LogP contribution in [0.15, 0.2) is 72.3 Å². The number of anilines is 1. The maximum Gasteiger partial charge on any atom is 0.264 e. The lowest BCUT2D eigenvalue weighted by Crippen LogP contribution is -2.49. The van der Waals surface area contributed by atoms with E-state index in [-0.39, 0.29) is 18.1 Å². The van der Waals surface area contributed by atoms with E-state index < -0.39 is 0 Å². The zero-order valence-electron chi connectivity index (χ0n) is 19.8. The molecule has 0 aliphatic carbocycles. The first-order valence-corrected chi connectivity index (χ1v) is 12.2. The second-order valence-corrected chi connectivity index (χ2v) is 9.06. The van der Waals surface area contributed by atoms with E-state index in [0.29, 0.717) is 53.3 Å². The van der Waals surface area contributed by atoms with E-state index in [1.165, 1.54) is 7.11 Å². The van der Waals surface area contributed by atoms with Crippen molar-refractivity contribution in [1.29, 1.82) is 5.26 Å². The molecule has 0 N–H and O–H groups in total. The fourth-order valence-corrected chi connectivity index (χ4v) is 4.44. The van der Waals surface area contributed by atoms with Crippen molar-refractivity contribution in [2.45, 2.75) is 6.61 Å². The van der Waals surface area contributed by atoms with Crippen molar-refractivity contribution >= 4 is 40.9 Å². The number of hydrogen-bond acceptors (Lipinski definition) is 5. The zero-order chi connectivity index (χ0) is 25.5. The summed E-state index contributed by atoms with van der Waals surface area (Å²) in [5, 5.41) is 10.8. The van der Waals surface area contributed by atoms with Gasteiger partial charge in [0.1, 0.15) is 18.2 Å². The van der Waals surface area contributed by atoms with Crippen molar-refractivity contribution in [3.63, 3.8) is 0 Å². The summed E-state index contributed by atoms with van der Waals surface area (Å²) >= 11 is 12.2. The molecule has 0 atom stereocenters. The number of carbonyl (C=O) groups excluding carboxylic acids is 1. The average Bonchev–Trinajstić information content (AvgIpc) is 2.91. The van der Waals surface area contributed by atoms with Crippen molar-refractivity contribution in [3.05, 3.63) is 93.5 Å². The van der Waals surface area contributed by atoms with Crippen LogP contribution in [0, 0.1) is 11.3 Å². The first-order valence-electron chi connectivity index (χ1n) is 11.4. The number of carbonyl (C=O) groups is 1. The van der Waals surface area contributed by atoms with Gasteiger partial charge in [-0.1, -0.05) is 53.5 Å². The Morgan fingerprint density at radius 1 is 1.00 bits per heavy atom. The van der Waals surface area contributed by atoms with Crippen LogP contribution in [0.1, 0.15) is 11.1 Å². The summed E-state index contributed by atoms with van der Waals surface area (Å²) < 4.78 is 11.4. The number of para-hydroxylation sites is 1. The van der Waals surface area contributed by atoms with Gasteiger partial charge in [-0.25, -0.2) is 0 Å². The van der Waals surface area contributed by atoms with Crippen LogP contribution in [-0.4, -0.2) is 44.1 Å². The number of methoxy groups -OCH3 is 1. The topological polar surface area (TPSA) is 65.8 Å². The highest BCUT2D eigenvalue weighted by Gasteiger charge is 2.24. The third kappa shape index (κ3) is 6.12. The standard InChI is InChI=1S/C28H25Cl2N3O3/c1-35-27-16-20(7-10-26(27)36-19-21-8-9-23(29)17-25(21)30)15-22(18-31)28(34)33-13-11-32(12-14-33)24-5-3-2-4-6-24/h2-10,15-17H,11-14,19H2,1H3/b22-15-. The number of amides is 1.